The van der Waals surface area contributed by atoms with Gasteiger partial charge in [-0.15, -0.1) is 10.2 Å². The van der Waals surface area contributed by atoms with Gasteiger partial charge in [0.15, 0.2) is 5.65 Å². The highest BCUT2D eigenvalue weighted by Crippen LogP contribution is 2.38. The first-order valence-electron chi connectivity index (χ1n) is 9.94. The van der Waals surface area contributed by atoms with Gasteiger partial charge < -0.3 is 4.74 Å². The van der Waals surface area contributed by atoms with Crippen molar-refractivity contribution in [1.82, 2.24) is 29.4 Å². The Morgan fingerprint density at radius 3 is 3.00 bits per heavy atom. The maximum Gasteiger partial charge on any atom is 0.173 e. The molecule has 0 amide bonds. The molecule has 7 nitrogen and oxygen atoms in total. The number of hydrogen-bond donors (Lipinski definition) is 0. The van der Waals surface area contributed by atoms with Crippen LogP contribution in [0.5, 0.6) is 5.75 Å². The summed E-state index contributed by atoms with van der Waals surface area (Å²) in [6.07, 6.45) is 9.52. The SMILES string of the molecule is Fc1ccc2c(c1CCc1ncc(-c3ccnn3C3CC3)c3nncn13)CCO2. The lowest BCUT2D eigenvalue weighted by molar-refractivity contribution is 0.356. The molecule has 29 heavy (non-hydrogen) atoms. The number of halogens is 1. The summed E-state index contributed by atoms with van der Waals surface area (Å²) >= 11 is 0. The smallest absolute Gasteiger partial charge is 0.173 e. The minimum atomic E-state index is -0.181. The topological polar surface area (TPSA) is 70.1 Å². The zero-order chi connectivity index (χ0) is 19.4. The molecular weight excluding hydrogens is 371 g/mol. The van der Waals surface area contributed by atoms with Crippen molar-refractivity contribution in [1.29, 1.82) is 0 Å². The average Bonchev–Trinajstić information content (AvgIpc) is 3.16. The number of aryl methyl sites for hydroxylation is 1. The maximum absolute atomic E-state index is 14.5. The van der Waals surface area contributed by atoms with Gasteiger partial charge in [-0.25, -0.2) is 9.37 Å². The lowest BCUT2D eigenvalue weighted by atomic mass is 10.00. The molecule has 0 bridgehead atoms. The molecule has 1 saturated carbocycles. The molecule has 0 atom stereocenters. The van der Waals surface area contributed by atoms with E-state index in [0.29, 0.717) is 25.5 Å². The van der Waals surface area contributed by atoms with Crippen LogP contribution in [0.25, 0.3) is 16.9 Å². The molecule has 3 aromatic heterocycles. The van der Waals surface area contributed by atoms with Gasteiger partial charge in [0.25, 0.3) is 0 Å². The highest BCUT2D eigenvalue weighted by Gasteiger charge is 2.28. The fraction of sp³-hybridized carbons (Fsp3) is 0.333. The molecule has 2 aliphatic rings. The van der Waals surface area contributed by atoms with Crippen molar-refractivity contribution in [2.75, 3.05) is 6.61 Å². The fourth-order valence-electron chi connectivity index (χ4n) is 4.19. The largest absolute Gasteiger partial charge is 0.493 e. The van der Waals surface area contributed by atoms with Crippen molar-refractivity contribution in [2.45, 2.75) is 38.1 Å². The number of rotatable bonds is 5. The molecule has 4 heterocycles. The second-order valence-electron chi connectivity index (χ2n) is 7.61. The van der Waals surface area contributed by atoms with E-state index >= 15 is 0 Å². The summed E-state index contributed by atoms with van der Waals surface area (Å²) in [5, 5.41) is 12.9. The van der Waals surface area contributed by atoms with E-state index in [9.17, 15) is 4.39 Å². The van der Waals surface area contributed by atoms with E-state index in [2.05, 4.69) is 20.3 Å². The molecule has 0 spiro atoms. The van der Waals surface area contributed by atoms with Gasteiger partial charge in [0, 0.05) is 30.8 Å². The molecular formula is C21H19FN6O. The van der Waals surface area contributed by atoms with E-state index in [1.807, 2.05) is 27.5 Å². The third-order valence-electron chi connectivity index (χ3n) is 5.79. The molecule has 146 valence electrons. The van der Waals surface area contributed by atoms with Crippen molar-refractivity contribution < 1.29 is 9.13 Å². The molecule has 1 aliphatic heterocycles. The van der Waals surface area contributed by atoms with Gasteiger partial charge in [0.1, 0.15) is 23.7 Å². The predicted molar refractivity (Wildman–Crippen MR) is 103 cm³/mol. The Balaban J connectivity index is 1.35. The van der Waals surface area contributed by atoms with Crippen LogP contribution in [0.2, 0.25) is 0 Å². The van der Waals surface area contributed by atoms with Gasteiger partial charge in [-0.2, -0.15) is 5.10 Å². The van der Waals surface area contributed by atoms with Crippen molar-refractivity contribution in [3.05, 3.63) is 59.7 Å². The number of aromatic nitrogens is 6. The summed E-state index contributed by atoms with van der Waals surface area (Å²) in [6.45, 7) is 0.614. The quantitative estimate of drug-likeness (QED) is 0.523. The molecule has 0 radical (unpaired) electrons. The first-order valence-corrected chi connectivity index (χ1v) is 9.94. The highest BCUT2D eigenvalue weighted by atomic mass is 19.1. The molecule has 6 rings (SSSR count). The van der Waals surface area contributed by atoms with Gasteiger partial charge in [0.2, 0.25) is 0 Å². The summed E-state index contributed by atoms with van der Waals surface area (Å²) in [6, 6.07) is 5.67. The third kappa shape index (κ3) is 2.70. The van der Waals surface area contributed by atoms with Crippen LogP contribution < -0.4 is 4.74 Å². The van der Waals surface area contributed by atoms with E-state index in [1.165, 1.54) is 6.07 Å². The Morgan fingerprint density at radius 2 is 2.10 bits per heavy atom. The first-order chi connectivity index (χ1) is 14.3. The molecule has 0 saturated heterocycles. The van der Waals surface area contributed by atoms with Crippen LogP contribution in [-0.2, 0) is 19.3 Å². The Labute approximate surface area is 166 Å². The monoisotopic (exact) mass is 390 g/mol. The second-order valence-corrected chi connectivity index (χ2v) is 7.61. The van der Waals surface area contributed by atoms with Gasteiger partial charge in [-0.1, -0.05) is 0 Å². The summed E-state index contributed by atoms with van der Waals surface area (Å²) in [4.78, 5) is 4.68. The van der Waals surface area contributed by atoms with E-state index in [1.54, 1.807) is 12.4 Å². The van der Waals surface area contributed by atoms with Gasteiger partial charge in [-0.3, -0.25) is 9.08 Å². The normalized spacial score (nSPS) is 15.6. The molecule has 0 unspecified atom stereocenters. The zero-order valence-corrected chi connectivity index (χ0v) is 15.8. The molecule has 0 N–H and O–H groups in total. The van der Waals surface area contributed by atoms with E-state index in [4.69, 9.17) is 4.74 Å². The lowest BCUT2D eigenvalue weighted by Gasteiger charge is -2.11. The Kier molecular flexibility index (Phi) is 3.65. The predicted octanol–water partition coefficient (Wildman–Crippen LogP) is 3.18. The summed E-state index contributed by atoms with van der Waals surface area (Å²) in [5.74, 6) is 1.42. The van der Waals surface area contributed by atoms with Crippen molar-refractivity contribution in [3.8, 4) is 17.0 Å². The van der Waals surface area contributed by atoms with Crippen LogP contribution in [0, 0.1) is 5.82 Å². The number of fused-ring (bicyclic) bond motifs is 2. The second kappa shape index (κ2) is 6.37. The van der Waals surface area contributed by atoms with E-state index < -0.39 is 0 Å². The summed E-state index contributed by atoms with van der Waals surface area (Å²) in [7, 11) is 0. The zero-order valence-electron chi connectivity index (χ0n) is 15.8. The van der Waals surface area contributed by atoms with Crippen molar-refractivity contribution >= 4 is 5.65 Å². The number of ether oxygens (including phenoxy) is 1. The summed E-state index contributed by atoms with van der Waals surface area (Å²) in [5.41, 5.74) is 4.37. The van der Waals surface area contributed by atoms with Crippen molar-refractivity contribution in [3.63, 3.8) is 0 Å². The molecule has 8 heteroatoms. The van der Waals surface area contributed by atoms with Crippen LogP contribution in [0.4, 0.5) is 4.39 Å². The number of hydrogen-bond acceptors (Lipinski definition) is 5. The molecule has 4 aromatic rings. The van der Waals surface area contributed by atoms with E-state index in [-0.39, 0.29) is 5.82 Å². The van der Waals surface area contributed by atoms with Gasteiger partial charge in [-0.05, 0) is 43.0 Å². The standard InChI is InChI=1S/C21H19FN6O/c22-17-4-5-19-15(8-10-29-19)14(17)3-6-20-23-11-16(21-26-24-12-27(20)21)18-7-9-25-28(18)13-1-2-13/h4-5,7,9,11-13H,1-3,6,8,10H2. The fourth-order valence-corrected chi connectivity index (χ4v) is 4.19. The van der Waals surface area contributed by atoms with Crippen LogP contribution in [-0.4, -0.2) is 36.0 Å². The van der Waals surface area contributed by atoms with Crippen LogP contribution in [0.1, 0.15) is 35.8 Å². The van der Waals surface area contributed by atoms with E-state index in [0.717, 1.165) is 58.9 Å². The summed E-state index contributed by atoms with van der Waals surface area (Å²) < 4.78 is 24.0. The Hall–Kier alpha value is -3.29. The molecule has 1 fully saturated rings. The Bertz CT molecular complexity index is 1230. The minimum Gasteiger partial charge on any atom is -0.493 e. The minimum absolute atomic E-state index is 0.181. The molecule has 1 aliphatic carbocycles. The van der Waals surface area contributed by atoms with Gasteiger partial charge >= 0.3 is 0 Å². The number of benzene rings is 1. The third-order valence-corrected chi connectivity index (χ3v) is 5.79. The van der Waals surface area contributed by atoms with Crippen LogP contribution in [0.3, 0.4) is 0 Å². The Morgan fingerprint density at radius 1 is 1.17 bits per heavy atom. The average molecular weight is 390 g/mol. The van der Waals surface area contributed by atoms with Crippen LogP contribution in [0.15, 0.2) is 36.9 Å². The number of nitrogens with zero attached hydrogens (tertiary/aromatic N) is 6. The lowest BCUT2D eigenvalue weighted by Crippen LogP contribution is -2.07. The first kappa shape index (κ1) is 16.6. The van der Waals surface area contributed by atoms with Crippen LogP contribution >= 0.6 is 0 Å². The van der Waals surface area contributed by atoms with Gasteiger partial charge in [0.05, 0.1) is 23.9 Å². The maximum atomic E-state index is 14.5. The highest BCUT2D eigenvalue weighted by molar-refractivity contribution is 5.74. The van der Waals surface area contributed by atoms with Crippen molar-refractivity contribution in [2.24, 2.45) is 0 Å². The molecule has 1 aromatic carbocycles.